The van der Waals surface area contributed by atoms with Gasteiger partial charge in [0.1, 0.15) is 58.9 Å². The lowest BCUT2D eigenvalue weighted by Crippen LogP contribution is -3.28. The van der Waals surface area contributed by atoms with Crippen LogP contribution in [0.4, 0.5) is 0 Å². The van der Waals surface area contributed by atoms with E-state index in [-0.39, 0.29) is 6.10 Å². The lowest BCUT2D eigenvalue weighted by Gasteiger charge is -2.29. The van der Waals surface area contributed by atoms with Gasteiger partial charge in [-0.25, -0.2) is 0 Å². The van der Waals surface area contributed by atoms with Crippen molar-refractivity contribution in [1.82, 2.24) is 0 Å². The highest BCUT2D eigenvalue weighted by Crippen LogP contribution is 1.94. The maximum atomic E-state index is 10.1. The fraction of sp³-hybridized carbons (Fsp3) is 0.700. The molecule has 0 aliphatic carbocycles. The first-order valence-electron chi connectivity index (χ1n) is 10.3. The summed E-state index contributed by atoms with van der Waals surface area (Å²) in [5.41, 5.74) is 1.46. The molecule has 142 valence electrons. The van der Waals surface area contributed by atoms with Crippen molar-refractivity contribution in [1.29, 1.82) is 0 Å². The van der Waals surface area contributed by atoms with E-state index in [0.29, 0.717) is 0 Å². The molecule has 1 aliphatic rings. The molecule has 5 nitrogen and oxygen atoms in total. The molecule has 6 N–H and O–H groups in total. The highest BCUT2D eigenvalue weighted by Gasteiger charge is 2.23. The number of quaternary nitrogens is 4. The smallest absolute Gasteiger partial charge is 0.151 e. The van der Waals surface area contributed by atoms with E-state index in [2.05, 4.69) is 49.5 Å². The summed E-state index contributed by atoms with van der Waals surface area (Å²) in [6.45, 7) is 17.0. The molecule has 1 aromatic rings. The lowest BCUT2D eigenvalue weighted by atomic mass is 10.2. The van der Waals surface area contributed by atoms with Crippen molar-refractivity contribution in [3.8, 4) is 0 Å². The summed E-state index contributed by atoms with van der Waals surface area (Å²) in [7, 11) is 0. The second-order valence-corrected chi connectivity index (χ2v) is 7.54. The largest absolute Gasteiger partial charge is 0.382 e. The molecule has 1 aromatic carbocycles. The second kappa shape index (κ2) is 11.6. The maximum absolute atomic E-state index is 10.1. The van der Waals surface area contributed by atoms with Crippen LogP contribution in [0, 0.1) is 0 Å². The summed E-state index contributed by atoms with van der Waals surface area (Å²) < 4.78 is 0. The van der Waals surface area contributed by atoms with Crippen LogP contribution in [0.3, 0.4) is 0 Å². The Hall–Kier alpha value is -0.980. The molecular weight excluding hydrogens is 312 g/mol. The Morgan fingerprint density at radius 3 is 2.32 bits per heavy atom. The predicted octanol–water partition coefficient (Wildman–Crippen LogP) is -4.18. The number of rotatable bonds is 11. The first-order valence-corrected chi connectivity index (χ1v) is 10.3. The second-order valence-electron chi connectivity index (χ2n) is 7.54. The molecule has 0 spiro atoms. The fourth-order valence-corrected chi connectivity index (χ4v) is 3.84. The Morgan fingerprint density at radius 1 is 1.04 bits per heavy atom. The molecule has 25 heavy (non-hydrogen) atoms. The molecule has 1 fully saturated rings. The van der Waals surface area contributed by atoms with Crippen molar-refractivity contribution in [2.45, 2.75) is 26.5 Å². The fourth-order valence-electron chi connectivity index (χ4n) is 3.84. The molecule has 0 amide bonds. The number of likely N-dealkylation sites (N-methyl/N-ethyl adjacent to an activating group) is 1. The highest BCUT2D eigenvalue weighted by molar-refractivity contribution is 5.13. The van der Waals surface area contributed by atoms with Crippen molar-refractivity contribution in [2.75, 3.05) is 65.4 Å². The van der Waals surface area contributed by atoms with E-state index in [1.54, 1.807) is 9.80 Å². The van der Waals surface area contributed by atoms with E-state index in [4.69, 9.17) is 0 Å². The zero-order valence-corrected chi connectivity index (χ0v) is 16.3. The zero-order valence-electron chi connectivity index (χ0n) is 16.3. The molecule has 0 bridgehead atoms. The summed E-state index contributed by atoms with van der Waals surface area (Å²) in [6.07, 6.45) is -0.169. The molecule has 1 heterocycles. The highest BCUT2D eigenvalue weighted by atomic mass is 16.3. The Balaban J connectivity index is 1.53. The molecule has 5 heteroatoms. The van der Waals surface area contributed by atoms with Crippen LogP contribution < -0.4 is 20.0 Å². The molecule has 0 unspecified atom stereocenters. The van der Waals surface area contributed by atoms with Gasteiger partial charge in [-0.1, -0.05) is 30.3 Å². The van der Waals surface area contributed by atoms with Gasteiger partial charge in [-0.05, 0) is 13.8 Å². The SMILES string of the molecule is CC[NH+](CC)C[C@@H](O)C[NH2+]CC[NH+]1CC[NH+](Cc2ccccc2)CC1. The number of nitrogens with one attached hydrogen (secondary N) is 3. The molecular formula is C20H40N4O+4. The number of hydrogen-bond donors (Lipinski definition) is 5. The van der Waals surface area contributed by atoms with E-state index in [0.717, 1.165) is 32.7 Å². The van der Waals surface area contributed by atoms with Gasteiger partial charge in [0, 0.05) is 5.56 Å². The molecule has 1 saturated heterocycles. The zero-order chi connectivity index (χ0) is 17.9. The van der Waals surface area contributed by atoms with E-state index < -0.39 is 0 Å². The van der Waals surface area contributed by atoms with Crippen molar-refractivity contribution >= 4 is 0 Å². The van der Waals surface area contributed by atoms with Crippen molar-refractivity contribution < 1.29 is 25.1 Å². The maximum Gasteiger partial charge on any atom is 0.151 e. The van der Waals surface area contributed by atoms with Crippen molar-refractivity contribution in [2.24, 2.45) is 0 Å². The summed E-state index contributed by atoms with van der Waals surface area (Å²) in [5, 5.41) is 12.4. The monoisotopic (exact) mass is 352 g/mol. The van der Waals surface area contributed by atoms with Crippen LogP contribution >= 0.6 is 0 Å². The third-order valence-corrected chi connectivity index (χ3v) is 5.63. The number of nitrogens with two attached hydrogens (primary N) is 1. The van der Waals surface area contributed by atoms with Crippen LogP contribution in [0.1, 0.15) is 19.4 Å². The van der Waals surface area contributed by atoms with Crippen LogP contribution in [0.5, 0.6) is 0 Å². The Morgan fingerprint density at radius 2 is 1.68 bits per heavy atom. The van der Waals surface area contributed by atoms with Gasteiger partial charge in [-0.15, -0.1) is 0 Å². The average Bonchev–Trinajstić information content (AvgIpc) is 2.65. The standard InChI is InChI=1S/C20H36N4O/c1-3-22(4-2)18-20(25)16-21-10-11-23-12-14-24(15-13-23)17-19-8-6-5-7-9-19/h5-9,20-21,25H,3-4,10-18H2,1-2H3/p+4/t20-/m0/s1. The molecule has 1 atom stereocenters. The van der Waals surface area contributed by atoms with E-state index in [1.807, 2.05) is 0 Å². The summed E-state index contributed by atoms with van der Waals surface area (Å²) >= 11 is 0. The third kappa shape index (κ3) is 7.84. The minimum atomic E-state index is -0.169. The summed E-state index contributed by atoms with van der Waals surface area (Å²) in [4.78, 5) is 4.94. The van der Waals surface area contributed by atoms with Gasteiger partial charge in [0.25, 0.3) is 0 Å². The Kier molecular flexibility index (Phi) is 9.43. The van der Waals surface area contributed by atoms with E-state index in [1.165, 1.54) is 49.7 Å². The number of aliphatic hydroxyl groups excluding tert-OH is 1. The lowest BCUT2D eigenvalue weighted by molar-refractivity contribution is -1.02. The quantitative estimate of drug-likeness (QED) is 0.258. The molecule has 2 rings (SSSR count). The third-order valence-electron chi connectivity index (χ3n) is 5.63. The summed E-state index contributed by atoms with van der Waals surface area (Å²) in [5.74, 6) is 0. The van der Waals surface area contributed by atoms with Gasteiger partial charge >= 0.3 is 0 Å². The number of benzene rings is 1. The van der Waals surface area contributed by atoms with Gasteiger partial charge in [-0.3, -0.25) is 0 Å². The molecule has 0 aromatic heterocycles. The van der Waals surface area contributed by atoms with Crippen LogP contribution in [0.25, 0.3) is 0 Å². The normalized spacial score (nSPS) is 22.2. The minimum absolute atomic E-state index is 0.169. The average molecular weight is 353 g/mol. The molecule has 0 saturated carbocycles. The van der Waals surface area contributed by atoms with Crippen LogP contribution in [-0.2, 0) is 6.54 Å². The van der Waals surface area contributed by atoms with Crippen molar-refractivity contribution in [3.63, 3.8) is 0 Å². The van der Waals surface area contributed by atoms with Gasteiger partial charge < -0.3 is 25.1 Å². The van der Waals surface area contributed by atoms with E-state index in [9.17, 15) is 5.11 Å². The first kappa shape index (κ1) is 20.3. The number of aliphatic hydroxyl groups is 1. The first-order chi connectivity index (χ1) is 12.2. The molecule has 1 aliphatic heterocycles. The number of piperazine rings is 1. The predicted molar refractivity (Wildman–Crippen MR) is 101 cm³/mol. The summed E-state index contributed by atoms with van der Waals surface area (Å²) in [6, 6.07) is 10.9. The van der Waals surface area contributed by atoms with Crippen molar-refractivity contribution in [3.05, 3.63) is 35.9 Å². The minimum Gasteiger partial charge on any atom is -0.382 e. The van der Waals surface area contributed by atoms with Gasteiger partial charge in [0.15, 0.2) is 6.10 Å². The topological polar surface area (TPSA) is 50.2 Å². The Labute approximate surface area is 153 Å². The van der Waals surface area contributed by atoms with Gasteiger partial charge in [0.05, 0.1) is 13.1 Å². The Bertz CT molecular complexity index is 444. The van der Waals surface area contributed by atoms with Crippen LogP contribution in [0.2, 0.25) is 0 Å². The van der Waals surface area contributed by atoms with E-state index >= 15 is 0 Å². The van der Waals surface area contributed by atoms with Gasteiger partial charge in [0.2, 0.25) is 0 Å². The number of hydrogen-bond acceptors (Lipinski definition) is 1. The van der Waals surface area contributed by atoms with Crippen LogP contribution in [0.15, 0.2) is 30.3 Å². The van der Waals surface area contributed by atoms with Gasteiger partial charge in [-0.2, -0.15) is 0 Å². The molecule has 0 radical (unpaired) electrons. The van der Waals surface area contributed by atoms with Crippen LogP contribution in [-0.4, -0.2) is 76.7 Å².